The van der Waals surface area contributed by atoms with Gasteiger partial charge in [-0.25, -0.2) is 13.4 Å². The number of sulfonamides is 1. The van der Waals surface area contributed by atoms with Crippen molar-refractivity contribution < 1.29 is 27.4 Å². The van der Waals surface area contributed by atoms with Crippen molar-refractivity contribution in [1.82, 2.24) is 4.98 Å². The molecule has 0 aliphatic heterocycles. The lowest BCUT2D eigenvalue weighted by atomic mass is 10.1. The second kappa shape index (κ2) is 11.8. The molecule has 0 bridgehead atoms. The Morgan fingerprint density at radius 1 is 0.974 bits per heavy atom. The summed E-state index contributed by atoms with van der Waals surface area (Å²) < 4.78 is 44.0. The fourth-order valence-corrected chi connectivity index (χ4v) is 5.17. The number of rotatable bonds is 11. The molecule has 4 aromatic rings. The zero-order valence-corrected chi connectivity index (χ0v) is 22.5. The van der Waals surface area contributed by atoms with Gasteiger partial charge in [0.1, 0.15) is 17.2 Å². The predicted octanol–water partition coefficient (Wildman–Crippen LogP) is 4.69. The fourth-order valence-electron chi connectivity index (χ4n) is 3.44. The molecule has 198 valence electrons. The van der Waals surface area contributed by atoms with E-state index >= 15 is 0 Å². The number of benzene rings is 3. The Morgan fingerprint density at radius 2 is 1.76 bits per heavy atom. The largest absolute Gasteiger partial charge is 0.497 e. The second-order valence-electron chi connectivity index (χ2n) is 7.85. The highest BCUT2D eigenvalue weighted by atomic mass is 32.2. The number of carbonyl (C=O) groups excluding carboxylic acids is 1. The number of hydrogen-bond acceptors (Lipinski definition) is 9. The van der Waals surface area contributed by atoms with Crippen molar-refractivity contribution in [3.8, 4) is 28.5 Å². The quantitative estimate of drug-likeness (QED) is 0.244. The van der Waals surface area contributed by atoms with E-state index < -0.39 is 15.9 Å². The summed E-state index contributed by atoms with van der Waals surface area (Å²) in [6, 6.07) is 17.8. The molecule has 38 heavy (non-hydrogen) atoms. The van der Waals surface area contributed by atoms with Crippen LogP contribution in [0.2, 0.25) is 0 Å². The Morgan fingerprint density at radius 3 is 2.45 bits per heavy atom. The molecule has 0 atom stereocenters. The van der Waals surface area contributed by atoms with Crippen molar-refractivity contribution in [1.29, 1.82) is 0 Å². The first-order valence-corrected chi connectivity index (χ1v) is 13.7. The van der Waals surface area contributed by atoms with Crippen molar-refractivity contribution in [2.75, 3.05) is 43.2 Å². The highest BCUT2D eigenvalue weighted by Gasteiger charge is 2.16. The van der Waals surface area contributed by atoms with Gasteiger partial charge in [0.05, 0.1) is 36.2 Å². The zero-order valence-electron chi connectivity index (χ0n) is 20.8. The van der Waals surface area contributed by atoms with Crippen LogP contribution in [-0.2, 0) is 14.8 Å². The molecule has 3 aromatic carbocycles. The van der Waals surface area contributed by atoms with Gasteiger partial charge < -0.3 is 24.8 Å². The van der Waals surface area contributed by atoms with Crippen molar-refractivity contribution in [2.45, 2.75) is 4.90 Å². The van der Waals surface area contributed by atoms with Gasteiger partial charge in [-0.15, -0.1) is 11.3 Å². The highest BCUT2D eigenvalue weighted by molar-refractivity contribution is 7.92. The van der Waals surface area contributed by atoms with Gasteiger partial charge in [0.2, 0.25) is 0 Å². The summed E-state index contributed by atoms with van der Waals surface area (Å²) in [6.07, 6.45) is 0. The molecule has 0 unspecified atom stereocenters. The van der Waals surface area contributed by atoms with Crippen LogP contribution < -0.4 is 29.6 Å². The Bertz CT molecular complexity index is 1520. The van der Waals surface area contributed by atoms with Crippen LogP contribution in [0.4, 0.5) is 16.5 Å². The van der Waals surface area contributed by atoms with E-state index in [0.717, 1.165) is 16.4 Å². The molecule has 0 saturated carbocycles. The van der Waals surface area contributed by atoms with Crippen LogP contribution in [0.3, 0.4) is 0 Å². The minimum absolute atomic E-state index is 0.0437. The van der Waals surface area contributed by atoms with Gasteiger partial charge in [-0.1, -0.05) is 6.07 Å². The van der Waals surface area contributed by atoms with E-state index in [2.05, 4.69) is 20.3 Å². The van der Waals surface area contributed by atoms with E-state index in [9.17, 15) is 13.2 Å². The lowest BCUT2D eigenvalue weighted by Crippen LogP contribution is -2.20. The van der Waals surface area contributed by atoms with Crippen molar-refractivity contribution >= 4 is 43.8 Å². The van der Waals surface area contributed by atoms with Crippen molar-refractivity contribution in [2.24, 2.45) is 0 Å². The minimum atomic E-state index is -3.82. The Kier molecular flexibility index (Phi) is 8.34. The summed E-state index contributed by atoms with van der Waals surface area (Å²) in [7, 11) is 0.993. The third-order valence-corrected chi connectivity index (χ3v) is 7.57. The SMILES string of the molecule is CNc1nc(-c2ccc(OC)c(NC(=O)COc3ccc(S(=O)(=O)Nc4cccc(OC)c4)cc3)c2)cs1. The summed E-state index contributed by atoms with van der Waals surface area (Å²) in [6.45, 7) is -0.290. The smallest absolute Gasteiger partial charge is 0.262 e. The lowest BCUT2D eigenvalue weighted by Gasteiger charge is -2.13. The molecule has 0 fully saturated rings. The molecule has 0 aliphatic rings. The van der Waals surface area contributed by atoms with Crippen LogP contribution >= 0.6 is 11.3 Å². The monoisotopic (exact) mass is 554 g/mol. The number of thiazole rings is 1. The van der Waals surface area contributed by atoms with Gasteiger partial charge in [0.15, 0.2) is 11.7 Å². The summed E-state index contributed by atoms with van der Waals surface area (Å²) in [5.74, 6) is 0.946. The number of aromatic nitrogens is 1. The van der Waals surface area contributed by atoms with Gasteiger partial charge in [-0.05, 0) is 54.6 Å². The molecule has 12 heteroatoms. The summed E-state index contributed by atoms with van der Waals surface area (Å²) in [5.41, 5.74) is 2.43. The second-order valence-corrected chi connectivity index (χ2v) is 10.4. The van der Waals surface area contributed by atoms with Gasteiger partial charge in [-0.2, -0.15) is 0 Å². The van der Waals surface area contributed by atoms with Crippen LogP contribution in [0.15, 0.2) is 77.0 Å². The first-order chi connectivity index (χ1) is 18.3. The van der Waals surface area contributed by atoms with Crippen LogP contribution in [-0.4, -0.2) is 47.2 Å². The van der Waals surface area contributed by atoms with Crippen LogP contribution in [0.25, 0.3) is 11.3 Å². The number of nitrogens with one attached hydrogen (secondary N) is 3. The number of amides is 1. The van der Waals surface area contributed by atoms with E-state index in [4.69, 9.17) is 14.2 Å². The Balaban J connectivity index is 1.38. The molecule has 3 N–H and O–H groups in total. The number of anilines is 3. The maximum Gasteiger partial charge on any atom is 0.262 e. The zero-order chi connectivity index (χ0) is 27.1. The number of carbonyl (C=O) groups is 1. The van der Waals surface area contributed by atoms with Crippen LogP contribution in [0.1, 0.15) is 0 Å². The molecule has 0 radical (unpaired) electrons. The van der Waals surface area contributed by atoms with Crippen molar-refractivity contribution in [3.05, 3.63) is 72.1 Å². The predicted molar refractivity (Wildman–Crippen MR) is 148 cm³/mol. The maximum atomic E-state index is 12.7. The molecular weight excluding hydrogens is 528 g/mol. The molecule has 1 amide bonds. The topological polar surface area (TPSA) is 128 Å². The number of methoxy groups -OCH3 is 2. The highest BCUT2D eigenvalue weighted by Crippen LogP contribution is 2.32. The summed E-state index contributed by atoms with van der Waals surface area (Å²) in [5, 5.41) is 8.49. The first-order valence-electron chi connectivity index (χ1n) is 11.3. The maximum absolute atomic E-state index is 12.7. The van der Waals surface area contributed by atoms with Gasteiger partial charge >= 0.3 is 0 Å². The molecule has 10 nitrogen and oxygen atoms in total. The average molecular weight is 555 g/mol. The number of ether oxygens (including phenoxy) is 3. The van der Waals surface area contributed by atoms with Gasteiger partial charge in [0, 0.05) is 24.1 Å². The Hall–Kier alpha value is -4.29. The van der Waals surface area contributed by atoms with E-state index in [1.165, 1.54) is 49.8 Å². The molecule has 0 aliphatic carbocycles. The summed E-state index contributed by atoms with van der Waals surface area (Å²) in [4.78, 5) is 17.1. The minimum Gasteiger partial charge on any atom is -0.497 e. The van der Waals surface area contributed by atoms with E-state index in [-0.39, 0.29) is 11.5 Å². The lowest BCUT2D eigenvalue weighted by molar-refractivity contribution is -0.118. The number of hydrogen-bond donors (Lipinski definition) is 3. The third-order valence-electron chi connectivity index (χ3n) is 5.31. The first kappa shape index (κ1) is 26.8. The molecule has 0 spiro atoms. The molecule has 1 aromatic heterocycles. The standard InChI is InChI=1S/C26H26N4O6S2/c1-27-26-29-23(16-37-26)17-7-12-24(35-3)22(13-17)28-25(31)15-36-19-8-10-21(11-9-19)38(32,33)30-18-5-4-6-20(14-18)34-2/h4-14,16,30H,15H2,1-3H3,(H,27,29)(H,28,31). The van der Waals surface area contributed by atoms with Gasteiger partial charge in [-0.3, -0.25) is 9.52 Å². The molecule has 1 heterocycles. The summed E-state index contributed by atoms with van der Waals surface area (Å²) >= 11 is 1.48. The number of nitrogens with zero attached hydrogens (tertiary/aromatic N) is 1. The van der Waals surface area contributed by atoms with E-state index in [1.807, 2.05) is 11.4 Å². The van der Waals surface area contributed by atoms with Crippen LogP contribution in [0.5, 0.6) is 17.2 Å². The Labute approximate surface area is 224 Å². The van der Waals surface area contributed by atoms with Crippen molar-refractivity contribution in [3.63, 3.8) is 0 Å². The molecule has 0 saturated heterocycles. The van der Waals surface area contributed by atoms with Crippen LogP contribution in [0, 0.1) is 0 Å². The van der Waals surface area contributed by atoms with E-state index in [1.54, 1.807) is 43.4 Å². The fraction of sp³-hybridized carbons (Fsp3) is 0.154. The normalized spacial score (nSPS) is 10.9. The average Bonchev–Trinajstić information content (AvgIpc) is 3.41. The molecule has 4 rings (SSSR count). The van der Waals surface area contributed by atoms with E-state index in [0.29, 0.717) is 28.6 Å². The third kappa shape index (κ3) is 6.52. The molecular formula is C26H26N4O6S2. The van der Waals surface area contributed by atoms with Gasteiger partial charge in [0.25, 0.3) is 15.9 Å².